The quantitative estimate of drug-likeness (QED) is 0.562. The Kier molecular flexibility index (Phi) is 7.74. The summed E-state index contributed by atoms with van der Waals surface area (Å²) in [4.78, 5) is 46.8. The molecule has 0 aliphatic rings. The van der Waals surface area contributed by atoms with Gasteiger partial charge in [-0.25, -0.2) is 0 Å². The Morgan fingerprint density at radius 3 is 2.23 bits per heavy atom. The molecule has 3 N–H and O–H groups in total. The summed E-state index contributed by atoms with van der Waals surface area (Å²) in [6, 6.07) is 10.4. The zero-order valence-corrected chi connectivity index (χ0v) is 17.1. The van der Waals surface area contributed by atoms with Gasteiger partial charge in [-0.3, -0.25) is 19.2 Å². The standard InChI is InChI=1S/C21H25N3O6/c1-21(2,3)14-6-8-15(9-7-14)24-18(26)13-30-19(27)12-22-17(25)11-23-20(28)16-5-4-10-29-16/h4-10H,11-13H2,1-3H3,(H,22,25)(H,23,28)(H,24,26). The Balaban J connectivity index is 1.64. The number of hydrogen-bond donors (Lipinski definition) is 3. The zero-order chi connectivity index (χ0) is 22.1. The van der Waals surface area contributed by atoms with Crippen molar-refractivity contribution >= 4 is 29.4 Å². The van der Waals surface area contributed by atoms with Gasteiger partial charge in [0.05, 0.1) is 12.8 Å². The fraction of sp³-hybridized carbons (Fsp3) is 0.333. The van der Waals surface area contributed by atoms with Crippen molar-refractivity contribution in [3.8, 4) is 0 Å². The third-order valence-electron chi connectivity index (χ3n) is 3.98. The molecule has 0 bridgehead atoms. The van der Waals surface area contributed by atoms with E-state index >= 15 is 0 Å². The number of benzene rings is 1. The molecular formula is C21H25N3O6. The molecule has 0 unspecified atom stereocenters. The van der Waals surface area contributed by atoms with Gasteiger partial charge >= 0.3 is 5.97 Å². The first-order valence-electron chi connectivity index (χ1n) is 9.29. The highest BCUT2D eigenvalue weighted by molar-refractivity contribution is 5.95. The van der Waals surface area contributed by atoms with Crippen molar-refractivity contribution in [1.82, 2.24) is 10.6 Å². The fourth-order valence-electron chi connectivity index (χ4n) is 2.34. The number of hydrogen-bond acceptors (Lipinski definition) is 6. The van der Waals surface area contributed by atoms with Crippen molar-refractivity contribution in [3.05, 3.63) is 54.0 Å². The van der Waals surface area contributed by atoms with Gasteiger partial charge in [-0.05, 0) is 35.2 Å². The summed E-state index contributed by atoms with van der Waals surface area (Å²) in [6.07, 6.45) is 1.34. The summed E-state index contributed by atoms with van der Waals surface area (Å²) in [5.74, 6) is -2.34. The van der Waals surface area contributed by atoms with Gasteiger partial charge in [0.2, 0.25) is 5.91 Å². The lowest BCUT2D eigenvalue weighted by molar-refractivity contribution is -0.147. The first-order valence-corrected chi connectivity index (χ1v) is 9.29. The molecule has 0 atom stereocenters. The normalized spacial score (nSPS) is 10.8. The van der Waals surface area contributed by atoms with Crippen LogP contribution >= 0.6 is 0 Å². The van der Waals surface area contributed by atoms with Gasteiger partial charge in [-0.1, -0.05) is 32.9 Å². The van der Waals surface area contributed by atoms with Gasteiger partial charge in [0.1, 0.15) is 6.54 Å². The van der Waals surface area contributed by atoms with Crippen molar-refractivity contribution in [2.24, 2.45) is 0 Å². The molecule has 0 spiro atoms. The van der Waals surface area contributed by atoms with E-state index in [-0.39, 0.29) is 17.7 Å². The molecule has 160 valence electrons. The third-order valence-corrected chi connectivity index (χ3v) is 3.98. The summed E-state index contributed by atoms with van der Waals surface area (Å²) in [7, 11) is 0. The van der Waals surface area contributed by atoms with Crippen LogP contribution in [0.15, 0.2) is 47.1 Å². The molecule has 0 fully saturated rings. The number of carbonyl (C=O) groups is 4. The second-order valence-corrected chi connectivity index (χ2v) is 7.47. The minimum absolute atomic E-state index is 0.00405. The van der Waals surface area contributed by atoms with Crippen LogP contribution < -0.4 is 16.0 Å². The van der Waals surface area contributed by atoms with Crippen molar-refractivity contribution in [2.45, 2.75) is 26.2 Å². The average molecular weight is 415 g/mol. The van der Waals surface area contributed by atoms with E-state index in [1.807, 2.05) is 12.1 Å². The Labute approximate surface area is 174 Å². The van der Waals surface area contributed by atoms with Crippen LogP contribution in [0.25, 0.3) is 0 Å². The Bertz CT molecular complexity index is 882. The molecule has 0 aliphatic heterocycles. The van der Waals surface area contributed by atoms with E-state index < -0.39 is 36.8 Å². The lowest BCUT2D eigenvalue weighted by Gasteiger charge is -2.19. The minimum Gasteiger partial charge on any atom is -0.459 e. The van der Waals surface area contributed by atoms with E-state index in [1.165, 1.54) is 12.3 Å². The van der Waals surface area contributed by atoms with Crippen LogP contribution in [-0.2, 0) is 24.5 Å². The maximum Gasteiger partial charge on any atom is 0.325 e. The van der Waals surface area contributed by atoms with E-state index in [9.17, 15) is 19.2 Å². The SMILES string of the molecule is CC(C)(C)c1ccc(NC(=O)COC(=O)CNC(=O)CNC(=O)c2ccco2)cc1. The molecule has 3 amide bonds. The van der Waals surface area contributed by atoms with E-state index in [0.717, 1.165) is 5.56 Å². The van der Waals surface area contributed by atoms with Crippen LogP contribution in [0.2, 0.25) is 0 Å². The lowest BCUT2D eigenvalue weighted by Crippen LogP contribution is -2.39. The van der Waals surface area contributed by atoms with Gasteiger partial charge in [0, 0.05) is 5.69 Å². The first-order chi connectivity index (χ1) is 14.1. The van der Waals surface area contributed by atoms with Crippen LogP contribution in [0.3, 0.4) is 0 Å². The molecule has 0 aliphatic carbocycles. The highest BCUT2D eigenvalue weighted by Gasteiger charge is 2.14. The maximum atomic E-state index is 11.9. The Morgan fingerprint density at radius 1 is 0.933 bits per heavy atom. The summed E-state index contributed by atoms with van der Waals surface area (Å²) < 4.78 is 9.71. The smallest absolute Gasteiger partial charge is 0.325 e. The number of ether oxygens (including phenoxy) is 1. The van der Waals surface area contributed by atoms with E-state index in [1.54, 1.807) is 18.2 Å². The number of anilines is 1. The summed E-state index contributed by atoms with van der Waals surface area (Å²) in [5, 5.41) is 7.25. The molecule has 1 heterocycles. The van der Waals surface area contributed by atoms with Crippen LogP contribution in [0.1, 0.15) is 36.9 Å². The number of esters is 1. The van der Waals surface area contributed by atoms with Crippen LogP contribution in [0, 0.1) is 0 Å². The zero-order valence-electron chi connectivity index (χ0n) is 17.1. The number of rotatable bonds is 8. The molecule has 1 aromatic carbocycles. The molecule has 1 aromatic heterocycles. The molecule has 0 saturated heterocycles. The lowest BCUT2D eigenvalue weighted by atomic mass is 9.87. The molecular weight excluding hydrogens is 390 g/mol. The van der Waals surface area contributed by atoms with Gasteiger partial charge in [-0.15, -0.1) is 0 Å². The van der Waals surface area contributed by atoms with Crippen molar-refractivity contribution in [1.29, 1.82) is 0 Å². The predicted molar refractivity (Wildman–Crippen MR) is 109 cm³/mol. The monoisotopic (exact) mass is 415 g/mol. The molecule has 2 rings (SSSR count). The molecule has 30 heavy (non-hydrogen) atoms. The second-order valence-electron chi connectivity index (χ2n) is 7.47. The highest BCUT2D eigenvalue weighted by Crippen LogP contribution is 2.23. The number of amides is 3. The highest BCUT2D eigenvalue weighted by atomic mass is 16.5. The topological polar surface area (TPSA) is 127 Å². The molecule has 0 saturated carbocycles. The molecule has 2 aromatic rings. The fourth-order valence-corrected chi connectivity index (χ4v) is 2.34. The third kappa shape index (κ3) is 7.42. The van der Waals surface area contributed by atoms with Gasteiger partial charge in [-0.2, -0.15) is 0 Å². The number of carbonyl (C=O) groups excluding carboxylic acids is 4. The largest absolute Gasteiger partial charge is 0.459 e. The maximum absolute atomic E-state index is 11.9. The van der Waals surface area contributed by atoms with Gasteiger partial charge < -0.3 is 25.1 Å². The molecule has 9 nitrogen and oxygen atoms in total. The predicted octanol–water partition coefficient (Wildman–Crippen LogP) is 1.60. The van der Waals surface area contributed by atoms with Crippen molar-refractivity contribution in [2.75, 3.05) is 25.0 Å². The molecule has 9 heteroatoms. The summed E-state index contributed by atoms with van der Waals surface area (Å²) in [6.45, 7) is 5.02. The van der Waals surface area contributed by atoms with E-state index in [2.05, 4.69) is 36.7 Å². The van der Waals surface area contributed by atoms with Gasteiger partial charge in [0.25, 0.3) is 11.8 Å². The molecule has 0 radical (unpaired) electrons. The van der Waals surface area contributed by atoms with Crippen LogP contribution in [0.5, 0.6) is 0 Å². The number of nitrogens with one attached hydrogen (secondary N) is 3. The summed E-state index contributed by atoms with van der Waals surface area (Å²) in [5.41, 5.74) is 1.72. The van der Waals surface area contributed by atoms with Crippen molar-refractivity contribution in [3.63, 3.8) is 0 Å². The Morgan fingerprint density at radius 2 is 1.63 bits per heavy atom. The van der Waals surface area contributed by atoms with E-state index in [0.29, 0.717) is 5.69 Å². The average Bonchev–Trinajstić information content (AvgIpc) is 3.23. The summed E-state index contributed by atoms with van der Waals surface area (Å²) >= 11 is 0. The minimum atomic E-state index is -0.779. The Hall–Kier alpha value is -3.62. The number of furan rings is 1. The second kappa shape index (κ2) is 10.2. The van der Waals surface area contributed by atoms with Gasteiger partial charge in [0.15, 0.2) is 12.4 Å². The van der Waals surface area contributed by atoms with Crippen LogP contribution in [-0.4, -0.2) is 43.4 Å². The van der Waals surface area contributed by atoms with Crippen LogP contribution in [0.4, 0.5) is 5.69 Å². The van der Waals surface area contributed by atoms with Crippen molar-refractivity contribution < 1.29 is 28.3 Å². The van der Waals surface area contributed by atoms with E-state index in [4.69, 9.17) is 9.15 Å². The first kappa shape index (κ1) is 22.7.